The van der Waals surface area contributed by atoms with Crippen molar-refractivity contribution in [2.24, 2.45) is 0 Å². The molecule has 11 heteroatoms. The van der Waals surface area contributed by atoms with Crippen LogP contribution < -0.4 is 10.9 Å². The average Bonchev–Trinajstić information content (AvgIpc) is 3.01. The minimum Gasteiger partial charge on any atom is -0.324 e. The molecule has 0 atom stereocenters. The Labute approximate surface area is 191 Å². The van der Waals surface area contributed by atoms with Gasteiger partial charge in [0.1, 0.15) is 4.83 Å². The van der Waals surface area contributed by atoms with E-state index in [1.165, 1.54) is 41.3 Å². The number of thiophene rings is 1. The van der Waals surface area contributed by atoms with Gasteiger partial charge in [0, 0.05) is 23.6 Å². The summed E-state index contributed by atoms with van der Waals surface area (Å²) in [7, 11) is 0. The van der Waals surface area contributed by atoms with Crippen LogP contribution in [-0.4, -0.2) is 26.1 Å². The highest BCUT2D eigenvalue weighted by Gasteiger charge is 2.18. The number of anilines is 1. The van der Waals surface area contributed by atoms with Crippen LogP contribution in [0.3, 0.4) is 0 Å². The number of rotatable bonds is 8. The van der Waals surface area contributed by atoms with E-state index in [0.29, 0.717) is 21.9 Å². The number of carbonyl (C=O) groups excluding carboxylic acids is 1. The summed E-state index contributed by atoms with van der Waals surface area (Å²) in [5.74, 6) is -0.337. The van der Waals surface area contributed by atoms with Crippen LogP contribution in [0.15, 0.2) is 28.2 Å². The molecule has 0 aliphatic carbocycles. The first kappa shape index (κ1) is 23.2. The number of aromatic nitrogens is 2. The molecule has 31 heavy (non-hydrogen) atoms. The SMILES string of the molecule is CCCCn1c(SCC(=O)Nc2ccc([N+](=O)[O-])cc2Cl)nc2sc(C)c(C)c2c1=O. The molecule has 1 N–H and O–H groups in total. The van der Waals surface area contributed by atoms with E-state index in [-0.39, 0.29) is 33.6 Å². The van der Waals surface area contributed by atoms with Gasteiger partial charge in [0.2, 0.25) is 5.91 Å². The number of nitrogens with zero attached hydrogens (tertiary/aromatic N) is 3. The van der Waals surface area contributed by atoms with Gasteiger partial charge in [-0.05, 0) is 31.9 Å². The zero-order valence-corrected chi connectivity index (χ0v) is 19.6. The molecule has 0 radical (unpaired) electrons. The number of aryl methyl sites for hydroxylation is 2. The Balaban J connectivity index is 1.82. The average molecular weight is 481 g/mol. The van der Waals surface area contributed by atoms with Crippen LogP contribution in [0.4, 0.5) is 11.4 Å². The summed E-state index contributed by atoms with van der Waals surface area (Å²) in [6.45, 7) is 6.47. The molecule has 1 amide bonds. The molecule has 0 saturated heterocycles. The number of halogens is 1. The molecule has 8 nitrogen and oxygen atoms in total. The van der Waals surface area contributed by atoms with Crippen molar-refractivity contribution < 1.29 is 9.72 Å². The minimum atomic E-state index is -0.557. The van der Waals surface area contributed by atoms with E-state index >= 15 is 0 Å². The number of nitro benzene ring substituents is 1. The van der Waals surface area contributed by atoms with Gasteiger partial charge in [0.25, 0.3) is 11.2 Å². The fourth-order valence-electron chi connectivity index (χ4n) is 2.97. The number of fused-ring (bicyclic) bond motifs is 1. The molecule has 3 rings (SSSR count). The van der Waals surface area contributed by atoms with Crippen molar-refractivity contribution in [3.05, 3.63) is 54.1 Å². The Morgan fingerprint density at radius 1 is 1.39 bits per heavy atom. The molecule has 0 unspecified atom stereocenters. The fourth-order valence-corrected chi connectivity index (χ4v) is 5.09. The lowest BCUT2D eigenvalue weighted by atomic mass is 10.2. The van der Waals surface area contributed by atoms with Crippen LogP contribution in [0.5, 0.6) is 0 Å². The van der Waals surface area contributed by atoms with Gasteiger partial charge in [0.05, 0.1) is 26.8 Å². The first-order valence-corrected chi connectivity index (χ1v) is 11.8. The molecule has 0 spiro atoms. The van der Waals surface area contributed by atoms with Crippen LogP contribution in [0.25, 0.3) is 10.2 Å². The summed E-state index contributed by atoms with van der Waals surface area (Å²) < 4.78 is 1.64. The molecule has 0 fully saturated rings. The Morgan fingerprint density at radius 2 is 2.13 bits per heavy atom. The summed E-state index contributed by atoms with van der Waals surface area (Å²) in [6, 6.07) is 3.85. The van der Waals surface area contributed by atoms with E-state index in [2.05, 4.69) is 10.3 Å². The van der Waals surface area contributed by atoms with Gasteiger partial charge in [-0.2, -0.15) is 0 Å². The molecule has 0 bridgehead atoms. The fraction of sp³-hybridized carbons (Fsp3) is 0.350. The number of benzene rings is 1. The highest BCUT2D eigenvalue weighted by Crippen LogP contribution is 2.29. The van der Waals surface area contributed by atoms with Gasteiger partial charge in [-0.25, -0.2) is 4.98 Å². The predicted octanol–water partition coefficient (Wildman–Crippen LogP) is 5.17. The maximum absolute atomic E-state index is 13.1. The summed E-state index contributed by atoms with van der Waals surface area (Å²) in [6.07, 6.45) is 1.75. The van der Waals surface area contributed by atoms with Crippen molar-refractivity contribution in [3.63, 3.8) is 0 Å². The van der Waals surface area contributed by atoms with E-state index in [4.69, 9.17) is 11.6 Å². The van der Waals surface area contributed by atoms with Crippen LogP contribution in [0.2, 0.25) is 5.02 Å². The van der Waals surface area contributed by atoms with Crippen molar-refractivity contribution >= 4 is 62.2 Å². The molecule has 0 saturated carbocycles. The third kappa shape index (κ3) is 5.08. The lowest BCUT2D eigenvalue weighted by Crippen LogP contribution is -2.24. The molecule has 3 aromatic rings. The van der Waals surface area contributed by atoms with Crippen molar-refractivity contribution in [3.8, 4) is 0 Å². The first-order valence-electron chi connectivity index (χ1n) is 9.60. The first-order chi connectivity index (χ1) is 14.7. The van der Waals surface area contributed by atoms with Crippen molar-refractivity contribution in [1.82, 2.24) is 9.55 Å². The number of non-ortho nitro benzene ring substituents is 1. The number of carbonyl (C=O) groups is 1. The predicted molar refractivity (Wildman–Crippen MR) is 126 cm³/mol. The lowest BCUT2D eigenvalue weighted by Gasteiger charge is -2.12. The van der Waals surface area contributed by atoms with Crippen LogP contribution in [0.1, 0.15) is 30.2 Å². The molecule has 2 heterocycles. The molecule has 0 aliphatic rings. The van der Waals surface area contributed by atoms with E-state index < -0.39 is 4.92 Å². The maximum atomic E-state index is 13.1. The van der Waals surface area contributed by atoms with E-state index in [1.807, 2.05) is 20.8 Å². The summed E-state index contributed by atoms with van der Waals surface area (Å²) in [4.78, 5) is 42.2. The summed E-state index contributed by atoms with van der Waals surface area (Å²) >= 11 is 8.69. The Morgan fingerprint density at radius 3 is 2.77 bits per heavy atom. The second-order valence-electron chi connectivity index (χ2n) is 6.93. The third-order valence-electron chi connectivity index (χ3n) is 4.76. The van der Waals surface area contributed by atoms with Crippen LogP contribution in [-0.2, 0) is 11.3 Å². The van der Waals surface area contributed by atoms with Gasteiger partial charge in [-0.1, -0.05) is 36.7 Å². The number of hydrogen-bond donors (Lipinski definition) is 1. The van der Waals surface area contributed by atoms with Gasteiger partial charge in [-0.3, -0.25) is 24.3 Å². The third-order valence-corrected chi connectivity index (χ3v) is 7.15. The normalized spacial score (nSPS) is 11.1. The smallest absolute Gasteiger partial charge is 0.271 e. The summed E-state index contributed by atoms with van der Waals surface area (Å²) in [5.41, 5.74) is 0.997. The minimum absolute atomic E-state index is 0.0146. The topological polar surface area (TPSA) is 107 Å². The lowest BCUT2D eigenvalue weighted by molar-refractivity contribution is -0.384. The number of nitro groups is 1. The standard InChI is InChI=1S/C20H21ClN4O4S2/c1-4-5-8-24-19(27)17-11(2)12(3)31-18(17)23-20(24)30-10-16(26)22-15-7-6-13(25(28)29)9-14(15)21/h6-7,9H,4-5,8,10H2,1-3H3,(H,22,26). The Kier molecular flexibility index (Phi) is 7.34. The Bertz CT molecular complexity index is 1220. The van der Waals surface area contributed by atoms with E-state index in [1.54, 1.807) is 4.57 Å². The molecule has 1 aromatic carbocycles. The van der Waals surface area contributed by atoms with Crippen LogP contribution in [0, 0.1) is 24.0 Å². The summed E-state index contributed by atoms with van der Waals surface area (Å²) in [5, 5.41) is 14.7. The maximum Gasteiger partial charge on any atom is 0.271 e. The highest BCUT2D eigenvalue weighted by molar-refractivity contribution is 7.99. The zero-order chi connectivity index (χ0) is 22.7. The number of unbranched alkanes of at least 4 members (excludes halogenated alkanes) is 1. The van der Waals surface area contributed by atoms with Crippen molar-refractivity contribution in [2.75, 3.05) is 11.1 Å². The largest absolute Gasteiger partial charge is 0.324 e. The molecule has 2 aromatic heterocycles. The van der Waals surface area contributed by atoms with Crippen molar-refractivity contribution in [1.29, 1.82) is 0 Å². The van der Waals surface area contributed by atoms with Gasteiger partial charge in [-0.15, -0.1) is 11.3 Å². The molecular weight excluding hydrogens is 460 g/mol. The second kappa shape index (κ2) is 9.80. The van der Waals surface area contributed by atoms with Gasteiger partial charge < -0.3 is 5.32 Å². The number of amides is 1. The number of thioether (sulfide) groups is 1. The second-order valence-corrected chi connectivity index (χ2v) is 9.48. The van der Waals surface area contributed by atoms with Gasteiger partial charge in [0.15, 0.2) is 5.16 Å². The Hall–Kier alpha value is -2.43. The van der Waals surface area contributed by atoms with Gasteiger partial charge >= 0.3 is 0 Å². The molecule has 0 aliphatic heterocycles. The monoisotopic (exact) mass is 480 g/mol. The molecule has 164 valence electrons. The van der Waals surface area contributed by atoms with Crippen LogP contribution >= 0.6 is 34.7 Å². The highest BCUT2D eigenvalue weighted by atomic mass is 35.5. The van der Waals surface area contributed by atoms with E-state index in [9.17, 15) is 19.7 Å². The van der Waals surface area contributed by atoms with Crippen molar-refractivity contribution in [2.45, 2.75) is 45.3 Å². The molecular formula is C20H21ClN4O4S2. The quantitative estimate of drug-likeness (QED) is 0.206. The zero-order valence-electron chi connectivity index (χ0n) is 17.2. The van der Waals surface area contributed by atoms with E-state index in [0.717, 1.165) is 23.3 Å². The number of hydrogen-bond acceptors (Lipinski definition) is 7. The number of nitrogens with one attached hydrogen (secondary N) is 1.